The molecular formula is C20H14Cl2N4O3. The highest BCUT2D eigenvalue weighted by Crippen LogP contribution is 2.35. The van der Waals surface area contributed by atoms with Crippen molar-refractivity contribution in [1.29, 1.82) is 0 Å². The standard InChI is InChI=1S/C20H14Cl2N4O3/c1-12-9-17(25-8-7-23-11-25)13-3-2-4-18(20(13)24-12)29-10-14-15(21)5-6-16(19(14)22)26(27)28/h2-9,11H,10H2,1H3. The second kappa shape index (κ2) is 7.69. The lowest BCUT2D eigenvalue weighted by molar-refractivity contribution is -0.384. The van der Waals surface area contributed by atoms with Crippen LogP contribution in [0, 0.1) is 17.0 Å². The summed E-state index contributed by atoms with van der Waals surface area (Å²) in [6.07, 6.45) is 5.27. The lowest BCUT2D eigenvalue weighted by Crippen LogP contribution is -2.02. The zero-order chi connectivity index (χ0) is 20.5. The van der Waals surface area contributed by atoms with E-state index in [0.29, 0.717) is 21.9 Å². The average molecular weight is 429 g/mol. The SMILES string of the molecule is Cc1cc(-n2ccnc2)c2cccc(OCc3c(Cl)ccc([N+](=O)[O-])c3Cl)c2n1. The molecule has 0 fully saturated rings. The fourth-order valence-electron chi connectivity index (χ4n) is 3.07. The van der Waals surface area contributed by atoms with E-state index in [1.807, 2.05) is 35.9 Å². The second-order valence-corrected chi connectivity index (χ2v) is 7.10. The zero-order valence-electron chi connectivity index (χ0n) is 15.2. The van der Waals surface area contributed by atoms with Crippen molar-refractivity contribution in [3.8, 4) is 11.4 Å². The van der Waals surface area contributed by atoms with Crippen LogP contribution in [0.2, 0.25) is 10.0 Å². The summed E-state index contributed by atoms with van der Waals surface area (Å²) in [6, 6.07) is 10.2. The molecule has 29 heavy (non-hydrogen) atoms. The van der Waals surface area contributed by atoms with Gasteiger partial charge < -0.3 is 9.30 Å². The molecule has 0 saturated heterocycles. The third kappa shape index (κ3) is 3.62. The number of aromatic nitrogens is 3. The van der Waals surface area contributed by atoms with Crippen molar-refractivity contribution in [1.82, 2.24) is 14.5 Å². The first-order valence-electron chi connectivity index (χ1n) is 8.58. The molecule has 0 atom stereocenters. The number of fused-ring (bicyclic) bond motifs is 1. The molecule has 0 amide bonds. The number of ether oxygens (including phenoxy) is 1. The van der Waals surface area contributed by atoms with Gasteiger partial charge in [0, 0.05) is 40.1 Å². The number of rotatable bonds is 5. The van der Waals surface area contributed by atoms with E-state index in [9.17, 15) is 10.1 Å². The van der Waals surface area contributed by atoms with Gasteiger partial charge in [0.2, 0.25) is 0 Å². The molecule has 2 aromatic carbocycles. The molecule has 4 rings (SSSR count). The molecule has 0 bridgehead atoms. The average Bonchev–Trinajstić information content (AvgIpc) is 3.21. The number of hydrogen-bond donors (Lipinski definition) is 0. The van der Waals surface area contributed by atoms with E-state index in [-0.39, 0.29) is 17.3 Å². The van der Waals surface area contributed by atoms with Gasteiger partial charge in [0.1, 0.15) is 22.9 Å². The molecule has 0 radical (unpaired) electrons. The molecule has 0 unspecified atom stereocenters. The largest absolute Gasteiger partial charge is 0.487 e. The maximum Gasteiger partial charge on any atom is 0.288 e. The van der Waals surface area contributed by atoms with Crippen molar-refractivity contribution in [2.24, 2.45) is 0 Å². The van der Waals surface area contributed by atoms with E-state index in [4.69, 9.17) is 27.9 Å². The molecule has 0 aliphatic carbocycles. The number of hydrogen-bond acceptors (Lipinski definition) is 5. The van der Waals surface area contributed by atoms with Crippen molar-refractivity contribution in [2.45, 2.75) is 13.5 Å². The Hall–Kier alpha value is -3.16. The van der Waals surface area contributed by atoms with Crippen LogP contribution in [0.25, 0.3) is 16.6 Å². The Bertz CT molecular complexity index is 1230. The van der Waals surface area contributed by atoms with Crippen LogP contribution in [0.3, 0.4) is 0 Å². The summed E-state index contributed by atoms with van der Waals surface area (Å²) in [6.45, 7) is 1.86. The summed E-state index contributed by atoms with van der Waals surface area (Å²) in [5.74, 6) is 0.520. The number of nitro groups is 1. The van der Waals surface area contributed by atoms with Crippen LogP contribution in [-0.4, -0.2) is 19.5 Å². The number of halogens is 2. The highest BCUT2D eigenvalue weighted by Gasteiger charge is 2.19. The van der Waals surface area contributed by atoms with E-state index in [2.05, 4.69) is 9.97 Å². The van der Waals surface area contributed by atoms with Crippen LogP contribution >= 0.6 is 23.2 Å². The van der Waals surface area contributed by atoms with Crippen LogP contribution in [0.4, 0.5) is 5.69 Å². The summed E-state index contributed by atoms with van der Waals surface area (Å²) in [5.41, 5.74) is 2.52. The van der Waals surface area contributed by atoms with Crippen LogP contribution < -0.4 is 4.74 Å². The first-order valence-corrected chi connectivity index (χ1v) is 9.34. The van der Waals surface area contributed by atoms with E-state index < -0.39 is 4.92 Å². The Morgan fingerprint density at radius 3 is 2.79 bits per heavy atom. The summed E-state index contributed by atoms with van der Waals surface area (Å²) >= 11 is 12.4. The van der Waals surface area contributed by atoms with Crippen molar-refractivity contribution in [3.05, 3.63) is 86.5 Å². The van der Waals surface area contributed by atoms with Crippen LogP contribution in [0.5, 0.6) is 5.75 Å². The Balaban J connectivity index is 1.75. The molecule has 0 spiro atoms. The number of nitrogens with zero attached hydrogens (tertiary/aromatic N) is 4. The second-order valence-electron chi connectivity index (χ2n) is 6.31. The monoisotopic (exact) mass is 428 g/mol. The highest BCUT2D eigenvalue weighted by atomic mass is 35.5. The Labute approximate surface area is 175 Å². The Kier molecular flexibility index (Phi) is 5.08. The molecule has 4 aromatic rings. The molecule has 9 heteroatoms. The fourth-order valence-corrected chi connectivity index (χ4v) is 3.62. The zero-order valence-corrected chi connectivity index (χ0v) is 16.7. The lowest BCUT2D eigenvalue weighted by atomic mass is 10.1. The van der Waals surface area contributed by atoms with E-state index in [1.54, 1.807) is 18.6 Å². The van der Waals surface area contributed by atoms with Gasteiger partial charge >= 0.3 is 0 Å². The fraction of sp³-hybridized carbons (Fsp3) is 0.100. The number of benzene rings is 2. The highest BCUT2D eigenvalue weighted by molar-refractivity contribution is 6.37. The number of nitro benzene ring substituents is 1. The van der Waals surface area contributed by atoms with E-state index >= 15 is 0 Å². The smallest absolute Gasteiger partial charge is 0.288 e. The summed E-state index contributed by atoms with van der Waals surface area (Å²) in [5, 5.41) is 12.3. The number of imidazole rings is 1. The van der Waals surface area contributed by atoms with Crippen LogP contribution in [0.1, 0.15) is 11.3 Å². The van der Waals surface area contributed by atoms with E-state index in [1.165, 1.54) is 12.1 Å². The predicted octanol–water partition coefficient (Wildman–Crippen LogP) is 5.52. The predicted molar refractivity (Wildman–Crippen MR) is 111 cm³/mol. The van der Waals surface area contributed by atoms with Gasteiger partial charge in [0.15, 0.2) is 0 Å². The van der Waals surface area contributed by atoms with Gasteiger partial charge in [-0.05, 0) is 25.1 Å². The van der Waals surface area contributed by atoms with Gasteiger partial charge in [0.25, 0.3) is 5.69 Å². The van der Waals surface area contributed by atoms with Crippen LogP contribution in [0.15, 0.2) is 55.1 Å². The summed E-state index contributed by atoms with van der Waals surface area (Å²) in [4.78, 5) is 19.3. The normalized spacial score (nSPS) is 11.0. The summed E-state index contributed by atoms with van der Waals surface area (Å²) in [7, 11) is 0. The lowest BCUT2D eigenvalue weighted by Gasteiger charge is -2.14. The molecule has 0 aliphatic heterocycles. The first kappa shape index (κ1) is 19.2. The van der Waals surface area contributed by atoms with Gasteiger partial charge in [-0.15, -0.1) is 0 Å². The number of para-hydroxylation sites is 1. The number of pyridine rings is 1. The van der Waals surface area contributed by atoms with Crippen LogP contribution in [-0.2, 0) is 6.61 Å². The molecule has 2 heterocycles. The minimum Gasteiger partial charge on any atom is -0.487 e. The molecule has 0 saturated carbocycles. The van der Waals surface area contributed by atoms with Crippen molar-refractivity contribution < 1.29 is 9.66 Å². The van der Waals surface area contributed by atoms with E-state index in [0.717, 1.165) is 16.8 Å². The minimum atomic E-state index is -0.553. The Morgan fingerprint density at radius 1 is 1.24 bits per heavy atom. The Morgan fingerprint density at radius 2 is 2.07 bits per heavy atom. The van der Waals surface area contributed by atoms with Crippen molar-refractivity contribution in [3.63, 3.8) is 0 Å². The quantitative estimate of drug-likeness (QED) is 0.308. The topological polar surface area (TPSA) is 83.1 Å². The van der Waals surface area contributed by atoms with Crippen molar-refractivity contribution in [2.75, 3.05) is 0 Å². The third-order valence-electron chi connectivity index (χ3n) is 4.43. The van der Waals surface area contributed by atoms with Gasteiger partial charge in [-0.1, -0.05) is 35.3 Å². The third-order valence-corrected chi connectivity index (χ3v) is 5.20. The molecule has 7 nitrogen and oxygen atoms in total. The van der Waals surface area contributed by atoms with Crippen molar-refractivity contribution >= 4 is 39.8 Å². The van der Waals surface area contributed by atoms with Gasteiger partial charge in [-0.25, -0.2) is 9.97 Å². The summed E-state index contributed by atoms with van der Waals surface area (Å²) < 4.78 is 7.85. The van der Waals surface area contributed by atoms with Gasteiger partial charge in [0.05, 0.1) is 16.9 Å². The molecule has 0 N–H and O–H groups in total. The molecule has 0 aliphatic rings. The molecular weight excluding hydrogens is 415 g/mol. The maximum atomic E-state index is 11.1. The molecule has 146 valence electrons. The van der Waals surface area contributed by atoms with Gasteiger partial charge in [-0.2, -0.15) is 0 Å². The number of aryl methyl sites for hydroxylation is 1. The van der Waals surface area contributed by atoms with Gasteiger partial charge in [-0.3, -0.25) is 10.1 Å². The first-order chi connectivity index (χ1) is 14.0. The molecule has 2 aromatic heterocycles. The maximum absolute atomic E-state index is 11.1. The minimum absolute atomic E-state index is 0.0332.